The van der Waals surface area contributed by atoms with E-state index in [0.29, 0.717) is 5.92 Å². The number of aryl methyl sites for hydroxylation is 1. The molecule has 0 amide bonds. The largest absolute Gasteiger partial charge is 0.469 e. The number of hydrogen-bond acceptors (Lipinski definition) is 3. The number of furan rings is 1. The third-order valence-electron chi connectivity index (χ3n) is 5.65. The Balaban J connectivity index is 2.09. The molecule has 2 N–H and O–H groups in total. The summed E-state index contributed by atoms with van der Waals surface area (Å²) in [5.41, 5.74) is 1.76. The van der Waals surface area contributed by atoms with E-state index in [1.54, 1.807) is 6.26 Å². The van der Waals surface area contributed by atoms with Crippen LogP contribution >= 0.6 is 0 Å². The lowest BCUT2D eigenvalue weighted by Gasteiger charge is -2.53. The van der Waals surface area contributed by atoms with E-state index >= 15 is 0 Å². The van der Waals surface area contributed by atoms with Crippen LogP contribution in [0.5, 0.6) is 0 Å². The maximum absolute atomic E-state index is 10.8. The Hall–Kier alpha value is -0.800. The van der Waals surface area contributed by atoms with E-state index in [2.05, 4.69) is 13.8 Å². The zero-order valence-corrected chi connectivity index (χ0v) is 11.3. The lowest BCUT2D eigenvalue weighted by molar-refractivity contribution is -0.128. The minimum Gasteiger partial charge on any atom is -0.469 e. The van der Waals surface area contributed by atoms with Gasteiger partial charge in [0, 0.05) is 17.4 Å². The van der Waals surface area contributed by atoms with Crippen LogP contribution in [0.3, 0.4) is 0 Å². The monoisotopic (exact) mass is 250 g/mol. The van der Waals surface area contributed by atoms with Gasteiger partial charge in [0.25, 0.3) is 0 Å². The van der Waals surface area contributed by atoms with Crippen LogP contribution in [0.1, 0.15) is 49.7 Å². The average Bonchev–Trinajstić information content (AvgIpc) is 2.70. The van der Waals surface area contributed by atoms with Crippen molar-refractivity contribution >= 4 is 0 Å². The van der Waals surface area contributed by atoms with Gasteiger partial charge in [-0.3, -0.25) is 0 Å². The van der Waals surface area contributed by atoms with Crippen LogP contribution in [-0.4, -0.2) is 16.3 Å². The molecule has 1 aromatic rings. The van der Waals surface area contributed by atoms with Gasteiger partial charge in [-0.2, -0.15) is 0 Å². The Morgan fingerprint density at radius 1 is 1.33 bits per heavy atom. The molecule has 18 heavy (non-hydrogen) atoms. The van der Waals surface area contributed by atoms with E-state index in [4.69, 9.17) is 4.42 Å². The van der Waals surface area contributed by atoms with E-state index in [1.807, 2.05) is 6.92 Å². The van der Waals surface area contributed by atoms with Gasteiger partial charge in [-0.1, -0.05) is 13.8 Å². The third kappa shape index (κ3) is 1.38. The lowest BCUT2D eigenvalue weighted by atomic mass is 9.53. The van der Waals surface area contributed by atoms with Crippen molar-refractivity contribution in [1.82, 2.24) is 0 Å². The van der Waals surface area contributed by atoms with E-state index < -0.39 is 6.10 Å². The lowest BCUT2D eigenvalue weighted by Crippen LogP contribution is -2.51. The number of aliphatic hydroxyl groups excluding tert-OH is 2. The maximum atomic E-state index is 10.8. The smallest absolute Gasteiger partial charge is 0.110 e. The van der Waals surface area contributed by atoms with Crippen molar-refractivity contribution in [3.63, 3.8) is 0 Å². The van der Waals surface area contributed by atoms with Gasteiger partial charge >= 0.3 is 0 Å². The summed E-state index contributed by atoms with van der Waals surface area (Å²) >= 11 is 0. The summed E-state index contributed by atoms with van der Waals surface area (Å²) in [4.78, 5) is 0. The highest BCUT2D eigenvalue weighted by Crippen LogP contribution is 2.57. The van der Waals surface area contributed by atoms with Crippen molar-refractivity contribution in [3.8, 4) is 0 Å². The van der Waals surface area contributed by atoms with Crippen molar-refractivity contribution in [2.45, 2.75) is 52.2 Å². The van der Waals surface area contributed by atoms with Gasteiger partial charge in [0.05, 0.1) is 18.5 Å². The molecule has 1 heterocycles. The Morgan fingerprint density at radius 3 is 2.78 bits per heavy atom. The average molecular weight is 250 g/mol. The highest BCUT2D eigenvalue weighted by molar-refractivity contribution is 5.34. The van der Waals surface area contributed by atoms with Crippen LogP contribution in [-0.2, 0) is 6.42 Å². The Bertz CT molecular complexity index is 464. The molecule has 3 rings (SSSR count). The fourth-order valence-corrected chi connectivity index (χ4v) is 4.08. The summed E-state index contributed by atoms with van der Waals surface area (Å²) in [5.74, 6) is 1.48. The second-order valence-corrected chi connectivity index (χ2v) is 6.36. The highest BCUT2D eigenvalue weighted by atomic mass is 16.3. The van der Waals surface area contributed by atoms with Crippen molar-refractivity contribution in [1.29, 1.82) is 0 Å². The van der Waals surface area contributed by atoms with Crippen molar-refractivity contribution in [2.75, 3.05) is 0 Å². The maximum Gasteiger partial charge on any atom is 0.110 e. The van der Waals surface area contributed by atoms with Crippen molar-refractivity contribution < 1.29 is 14.6 Å². The predicted octanol–water partition coefficient (Wildman–Crippen LogP) is 2.59. The van der Waals surface area contributed by atoms with E-state index in [-0.39, 0.29) is 17.4 Å². The number of aliphatic hydroxyl groups is 2. The Kier molecular flexibility index (Phi) is 2.62. The van der Waals surface area contributed by atoms with Crippen LogP contribution in [0.25, 0.3) is 0 Å². The summed E-state index contributed by atoms with van der Waals surface area (Å²) in [6, 6.07) is 0. The zero-order chi connectivity index (χ0) is 13.1. The Morgan fingerprint density at radius 2 is 2.06 bits per heavy atom. The minimum absolute atomic E-state index is 0.119. The predicted molar refractivity (Wildman–Crippen MR) is 68.1 cm³/mol. The summed E-state index contributed by atoms with van der Waals surface area (Å²) in [5, 5.41) is 20.9. The van der Waals surface area contributed by atoms with Crippen LogP contribution in [0.4, 0.5) is 0 Å². The summed E-state index contributed by atoms with van der Waals surface area (Å²) in [6.45, 7) is 6.18. The molecule has 1 aromatic heterocycles. The molecule has 0 spiro atoms. The fourth-order valence-electron chi connectivity index (χ4n) is 4.08. The van der Waals surface area contributed by atoms with E-state index in [0.717, 1.165) is 36.1 Å². The molecule has 3 heteroatoms. The summed E-state index contributed by atoms with van der Waals surface area (Å²) in [6.07, 6.45) is 3.63. The van der Waals surface area contributed by atoms with Crippen LogP contribution in [0, 0.1) is 24.2 Å². The van der Waals surface area contributed by atoms with Gasteiger partial charge in [-0.15, -0.1) is 0 Å². The molecular formula is C15H22O3. The molecule has 0 aliphatic heterocycles. The highest BCUT2D eigenvalue weighted by Gasteiger charge is 2.54. The molecule has 1 fully saturated rings. The first kappa shape index (κ1) is 12.2. The van der Waals surface area contributed by atoms with Gasteiger partial charge in [-0.25, -0.2) is 0 Å². The topological polar surface area (TPSA) is 53.6 Å². The molecule has 0 bridgehead atoms. The molecule has 3 nitrogen and oxygen atoms in total. The third-order valence-corrected chi connectivity index (χ3v) is 5.65. The number of hydrogen-bond donors (Lipinski definition) is 2. The molecule has 0 saturated heterocycles. The van der Waals surface area contributed by atoms with Crippen LogP contribution in [0.15, 0.2) is 10.7 Å². The van der Waals surface area contributed by atoms with Gasteiger partial charge < -0.3 is 14.6 Å². The summed E-state index contributed by atoms with van der Waals surface area (Å²) in [7, 11) is 0. The molecule has 2 aliphatic carbocycles. The molecule has 1 unspecified atom stereocenters. The zero-order valence-electron chi connectivity index (χ0n) is 11.3. The number of rotatable bonds is 0. The van der Waals surface area contributed by atoms with Gasteiger partial charge in [0.1, 0.15) is 5.76 Å². The molecule has 2 aliphatic rings. The fraction of sp³-hybridized carbons (Fsp3) is 0.733. The molecule has 0 radical (unpaired) electrons. The summed E-state index contributed by atoms with van der Waals surface area (Å²) < 4.78 is 5.59. The van der Waals surface area contributed by atoms with E-state index in [9.17, 15) is 10.2 Å². The van der Waals surface area contributed by atoms with Gasteiger partial charge in [0.2, 0.25) is 0 Å². The van der Waals surface area contributed by atoms with Gasteiger partial charge in [0.15, 0.2) is 0 Å². The second-order valence-electron chi connectivity index (χ2n) is 6.36. The minimum atomic E-state index is -0.519. The first-order valence-corrected chi connectivity index (χ1v) is 6.89. The molecular weight excluding hydrogens is 228 g/mol. The standard InChI is InChI=1S/C15H22O3/c1-8-7-18-12-6-10-4-5-11(16)9(2)15(10,3)14(17)13(8)12/h7,9-11,14,16-17H,4-6H2,1-3H3/t9-,10+,11?,14+,15+/m0/s1. The quantitative estimate of drug-likeness (QED) is 0.744. The van der Waals surface area contributed by atoms with Crippen LogP contribution in [0.2, 0.25) is 0 Å². The molecule has 1 saturated carbocycles. The Labute approximate surface area is 108 Å². The van der Waals surface area contributed by atoms with Crippen LogP contribution < -0.4 is 0 Å². The molecule has 5 atom stereocenters. The first-order chi connectivity index (χ1) is 8.46. The van der Waals surface area contributed by atoms with Crippen molar-refractivity contribution in [3.05, 3.63) is 23.2 Å². The second kappa shape index (κ2) is 3.84. The number of fused-ring (bicyclic) bond motifs is 2. The molecule has 100 valence electrons. The molecule has 0 aromatic carbocycles. The SMILES string of the molecule is Cc1coc2c1[C@@H](O)[C@@]1(C)[C@H](CCC(O)[C@@H]1C)C2. The first-order valence-electron chi connectivity index (χ1n) is 6.89. The normalized spacial score (nSPS) is 43.4. The van der Waals surface area contributed by atoms with Gasteiger partial charge in [-0.05, 0) is 37.2 Å². The van der Waals surface area contributed by atoms with E-state index in [1.165, 1.54) is 0 Å². The van der Waals surface area contributed by atoms with Crippen molar-refractivity contribution in [2.24, 2.45) is 17.3 Å².